The first-order valence-electron chi connectivity index (χ1n) is 9.66. The van der Waals surface area contributed by atoms with Gasteiger partial charge in [-0.15, -0.1) is 0 Å². The van der Waals surface area contributed by atoms with Gasteiger partial charge >= 0.3 is 0 Å². The number of hydrogen-bond donors (Lipinski definition) is 0. The van der Waals surface area contributed by atoms with Crippen molar-refractivity contribution in [1.29, 1.82) is 0 Å². The zero-order valence-electron chi connectivity index (χ0n) is 15.5. The molecule has 1 aromatic rings. The van der Waals surface area contributed by atoms with E-state index in [1.165, 1.54) is 24.0 Å². The molecule has 0 saturated carbocycles. The third-order valence-electron chi connectivity index (χ3n) is 6.09. The molecule has 0 bridgehead atoms. The quantitative estimate of drug-likeness (QED) is 0.845. The van der Waals surface area contributed by atoms with Gasteiger partial charge in [0.2, 0.25) is 0 Å². The number of piperidine rings is 1. The van der Waals surface area contributed by atoms with E-state index in [0.29, 0.717) is 0 Å². The molecule has 1 unspecified atom stereocenters. The number of fused-ring (bicyclic) bond motifs is 1. The lowest BCUT2D eigenvalue weighted by molar-refractivity contribution is -0.149. The van der Waals surface area contributed by atoms with Crippen LogP contribution in [0.25, 0.3) is 0 Å². The van der Waals surface area contributed by atoms with Gasteiger partial charge in [-0.05, 0) is 75.6 Å². The van der Waals surface area contributed by atoms with Crippen molar-refractivity contribution in [3.8, 4) is 5.75 Å². The van der Waals surface area contributed by atoms with E-state index < -0.39 is 5.60 Å². The number of rotatable bonds is 3. The van der Waals surface area contributed by atoms with Gasteiger partial charge in [0.05, 0.1) is 6.61 Å². The average Bonchev–Trinajstić information content (AvgIpc) is 3.23. The van der Waals surface area contributed by atoms with E-state index in [9.17, 15) is 4.79 Å². The molecule has 1 amide bonds. The molecule has 0 aromatic heterocycles. The van der Waals surface area contributed by atoms with E-state index in [-0.39, 0.29) is 11.3 Å². The SMILES string of the molecule is CC(C)(Oc1ccc2c(c1)CCC2)C(=O)N1CCCC2(CCOC2)C1. The fraction of sp³-hybridized carbons (Fsp3) is 0.667. The van der Waals surface area contributed by atoms with Gasteiger partial charge in [-0.3, -0.25) is 4.79 Å². The summed E-state index contributed by atoms with van der Waals surface area (Å²) in [7, 11) is 0. The van der Waals surface area contributed by atoms with E-state index in [1.807, 2.05) is 24.8 Å². The molecular formula is C21H29NO3. The number of amides is 1. The predicted octanol–water partition coefficient (Wildman–Crippen LogP) is 3.36. The number of aryl methyl sites for hydroxylation is 2. The minimum Gasteiger partial charge on any atom is -0.478 e. The summed E-state index contributed by atoms with van der Waals surface area (Å²) in [5, 5.41) is 0. The lowest BCUT2D eigenvalue weighted by atomic mass is 9.79. The Balaban J connectivity index is 1.46. The maximum absolute atomic E-state index is 13.2. The molecule has 1 aromatic carbocycles. The van der Waals surface area contributed by atoms with Gasteiger partial charge in [0, 0.05) is 25.1 Å². The molecular weight excluding hydrogens is 314 g/mol. The number of benzene rings is 1. The summed E-state index contributed by atoms with van der Waals surface area (Å²) in [5.41, 5.74) is 2.14. The molecule has 1 atom stereocenters. The topological polar surface area (TPSA) is 38.8 Å². The Morgan fingerprint density at radius 1 is 1.20 bits per heavy atom. The van der Waals surface area contributed by atoms with Gasteiger partial charge in [-0.2, -0.15) is 0 Å². The van der Waals surface area contributed by atoms with E-state index in [1.54, 1.807) is 0 Å². The number of likely N-dealkylation sites (tertiary alicyclic amines) is 1. The molecule has 2 heterocycles. The van der Waals surface area contributed by atoms with Crippen molar-refractivity contribution in [3.05, 3.63) is 29.3 Å². The molecule has 4 nitrogen and oxygen atoms in total. The van der Waals surface area contributed by atoms with Gasteiger partial charge in [-0.1, -0.05) is 6.07 Å². The molecule has 136 valence electrons. The minimum atomic E-state index is -0.842. The first-order chi connectivity index (χ1) is 12.0. The van der Waals surface area contributed by atoms with Crippen molar-refractivity contribution >= 4 is 5.91 Å². The summed E-state index contributed by atoms with van der Waals surface area (Å²) >= 11 is 0. The van der Waals surface area contributed by atoms with Crippen LogP contribution in [0.4, 0.5) is 0 Å². The molecule has 1 aliphatic carbocycles. The molecule has 25 heavy (non-hydrogen) atoms. The maximum Gasteiger partial charge on any atom is 0.266 e. The molecule has 4 rings (SSSR count). The van der Waals surface area contributed by atoms with Gasteiger partial charge in [0.25, 0.3) is 5.91 Å². The Morgan fingerprint density at radius 2 is 2.04 bits per heavy atom. The third kappa shape index (κ3) is 3.29. The van der Waals surface area contributed by atoms with Crippen LogP contribution in [0, 0.1) is 5.41 Å². The predicted molar refractivity (Wildman–Crippen MR) is 96.9 cm³/mol. The summed E-state index contributed by atoms with van der Waals surface area (Å²) in [6.07, 6.45) is 6.81. The van der Waals surface area contributed by atoms with Crippen LogP contribution in [-0.2, 0) is 22.4 Å². The summed E-state index contributed by atoms with van der Waals surface area (Å²) < 4.78 is 11.8. The standard InChI is InChI=1S/C21H29NO3/c1-20(2,25-18-8-7-16-5-3-6-17(16)13-18)19(23)22-11-4-9-21(14-22)10-12-24-15-21/h7-8,13H,3-6,9-12,14-15H2,1-2H3. The smallest absolute Gasteiger partial charge is 0.266 e. The number of nitrogens with zero attached hydrogens (tertiary/aromatic N) is 1. The Labute approximate surface area is 150 Å². The first kappa shape index (κ1) is 16.9. The summed E-state index contributed by atoms with van der Waals surface area (Å²) in [4.78, 5) is 15.2. The Hall–Kier alpha value is -1.55. The second-order valence-electron chi connectivity index (χ2n) is 8.53. The van der Waals surface area contributed by atoms with Crippen LogP contribution in [0.3, 0.4) is 0 Å². The van der Waals surface area contributed by atoms with Crippen molar-refractivity contribution in [1.82, 2.24) is 4.90 Å². The lowest BCUT2D eigenvalue weighted by Crippen LogP contribution is -2.54. The van der Waals surface area contributed by atoms with Crippen LogP contribution >= 0.6 is 0 Å². The zero-order chi connectivity index (χ0) is 17.5. The highest BCUT2D eigenvalue weighted by Gasteiger charge is 2.43. The van der Waals surface area contributed by atoms with Gasteiger partial charge in [-0.25, -0.2) is 0 Å². The molecule has 2 saturated heterocycles. The summed E-state index contributed by atoms with van der Waals surface area (Å²) in [6, 6.07) is 6.30. The van der Waals surface area contributed by atoms with Crippen molar-refractivity contribution in [3.63, 3.8) is 0 Å². The second kappa shape index (κ2) is 6.31. The Kier molecular flexibility index (Phi) is 4.27. The monoisotopic (exact) mass is 343 g/mol. The van der Waals surface area contributed by atoms with Gasteiger partial charge in [0.1, 0.15) is 5.75 Å². The Morgan fingerprint density at radius 3 is 2.84 bits per heavy atom. The number of carbonyl (C=O) groups is 1. The summed E-state index contributed by atoms with van der Waals surface area (Å²) in [5.74, 6) is 0.911. The molecule has 1 spiro atoms. The molecule has 2 fully saturated rings. The molecule has 4 heteroatoms. The fourth-order valence-corrected chi connectivity index (χ4v) is 4.68. The van der Waals surface area contributed by atoms with Crippen LogP contribution in [-0.4, -0.2) is 42.7 Å². The largest absolute Gasteiger partial charge is 0.478 e. The van der Waals surface area contributed by atoms with Crippen molar-refractivity contribution in [2.75, 3.05) is 26.3 Å². The molecule has 0 N–H and O–H groups in total. The molecule has 3 aliphatic rings. The van der Waals surface area contributed by atoms with Crippen molar-refractivity contribution in [2.24, 2.45) is 5.41 Å². The number of ether oxygens (including phenoxy) is 2. The van der Waals surface area contributed by atoms with Crippen LogP contribution in [0.5, 0.6) is 5.75 Å². The van der Waals surface area contributed by atoms with E-state index in [2.05, 4.69) is 12.1 Å². The maximum atomic E-state index is 13.2. The Bertz CT molecular complexity index is 661. The van der Waals surface area contributed by atoms with Crippen LogP contribution < -0.4 is 4.74 Å². The minimum absolute atomic E-state index is 0.0963. The normalized spacial score (nSPS) is 26.1. The van der Waals surface area contributed by atoms with E-state index in [4.69, 9.17) is 9.47 Å². The van der Waals surface area contributed by atoms with Crippen LogP contribution in [0.2, 0.25) is 0 Å². The van der Waals surface area contributed by atoms with Crippen LogP contribution in [0.1, 0.15) is 50.7 Å². The van der Waals surface area contributed by atoms with Gasteiger partial charge in [0.15, 0.2) is 5.60 Å². The molecule has 0 radical (unpaired) electrons. The highest BCUT2D eigenvalue weighted by Crippen LogP contribution is 2.38. The fourth-order valence-electron chi connectivity index (χ4n) is 4.68. The highest BCUT2D eigenvalue weighted by atomic mass is 16.5. The molecule has 2 aliphatic heterocycles. The number of hydrogen-bond acceptors (Lipinski definition) is 3. The van der Waals surface area contributed by atoms with Gasteiger partial charge < -0.3 is 14.4 Å². The van der Waals surface area contributed by atoms with Crippen molar-refractivity contribution < 1.29 is 14.3 Å². The lowest BCUT2D eigenvalue weighted by Gasteiger charge is -2.42. The zero-order valence-corrected chi connectivity index (χ0v) is 15.5. The van der Waals surface area contributed by atoms with E-state index >= 15 is 0 Å². The first-order valence-corrected chi connectivity index (χ1v) is 9.66. The number of carbonyl (C=O) groups excluding carboxylic acids is 1. The van der Waals surface area contributed by atoms with Crippen LogP contribution in [0.15, 0.2) is 18.2 Å². The average molecular weight is 343 g/mol. The van der Waals surface area contributed by atoms with E-state index in [0.717, 1.165) is 57.7 Å². The third-order valence-corrected chi connectivity index (χ3v) is 6.09. The second-order valence-corrected chi connectivity index (χ2v) is 8.53. The summed E-state index contributed by atoms with van der Waals surface area (Å²) in [6.45, 7) is 7.06. The van der Waals surface area contributed by atoms with Crippen molar-refractivity contribution in [2.45, 2.75) is 58.0 Å². The highest BCUT2D eigenvalue weighted by molar-refractivity contribution is 5.85.